The molecule has 0 saturated heterocycles. The van der Waals surface area contributed by atoms with E-state index in [-0.39, 0.29) is 6.42 Å². The van der Waals surface area contributed by atoms with Crippen LogP contribution in [0.1, 0.15) is 31.4 Å². The van der Waals surface area contributed by atoms with Gasteiger partial charge in [-0.05, 0) is 12.8 Å². The van der Waals surface area contributed by atoms with Crippen molar-refractivity contribution in [3.63, 3.8) is 0 Å². The molecule has 8 nitrogen and oxygen atoms in total. The van der Waals surface area contributed by atoms with E-state index in [4.69, 9.17) is 0 Å². The minimum absolute atomic E-state index is 0.0749. The van der Waals surface area contributed by atoms with Crippen molar-refractivity contribution in [1.29, 1.82) is 0 Å². The van der Waals surface area contributed by atoms with Crippen molar-refractivity contribution < 1.29 is 24.6 Å². The van der Waals surface area contributed by atoms with Crippen LogP contribution >= 0.6 is 0 Å². The van der Waals surface area contributed by atoms with Crippen molar-refractivity contribution in [2.24, 2.45) is 11.8 Å². The van der Waals surface area contributed by atoms with E-state index in [9.17, 15) is 24.6 Å². The van der Waals surface area contributed by atoms with Gasteiger partial charge >= 0.3 is 11.9 Å². The predicted octanol–water partition coefficient (Wildman–Crippen LogP) is 0.413. The number of nitrogens with zero attached hydrogens (tertiary/aromatic N) is 1. The molecule has 0 aliphatic heterocycles. The van der Waals surface area contributed by atoms with Crippen LogP contribution in [0.4, 0.5) is 0 Å². The molecule has 1 aromatic rings. The lowest BCUT2D eigenvalue weighted by atomic mass is 9.78. The van der Waals surface area contributed by atoms with Crippen LogP contribution in [-0.2, 0) is 20.8 Å². The second-order valence-electron chi connectivity index (χ2n) is 5.52. The molecule has 0 unspecified atom stereocenters. The van der Waals surface area contributed by atoms with Crippen molar-refractivity contribution in [1.82, 2.24) is 15.3 Å². The molecular formula is C14H19N3O5. The molecule has 3 atom stereocenters. The predicted molar refractivity (Wildman–Crippen MR) is 74.9 cm³/mol. The van der Waals surface area contributed by atoms with Crippen LogP contribution in [0, 0.1) is 11.8 Å². The average Bonchev–Trinajstić information content (AvgIpc) is 2.99. The maximum absolute atomic E-state index is 12.3. The average molecular weight is 309 g/mol. The third kappa shape index (κ3) is 3.84. The van der Waals surface area contributed by atoms with Crippen molar-refractivity contribution in [3.8, 4) is 0 Å². The van der Waals surface area contributed by atoms with Crippen molar-refractivity contribution in [2.45, 2.75) is 38.1 Å². The Kier molecular flexibility index (Phi) is 5.13. The number of nitrogens with one attached hydrogen (secondary N) is 2. The summed E-state index contributed by atoms with van der Waals surface area (Å²) in [4.78, 5) is 41.4. The number of aromatic amines is 1. The lowest BCUT2D eigenvalue weighted by molar-refractivity contribution is -0.150. The standard InChI is InChI=1S/C14H19N3O5/c18-12(9-3-1-2-4-10(9)13(19)20)17-11(14(21)22)5-8-6-15-7-16-8/h6-7,9-11H,1-5H2,(H,15,16)(H,17,18)(H,19,20)(H,21,22)/t9-,10-,11+/m0/s1. The van der Waals surface area contributed by atoms with Gasteiger partial charge in [0.1, 0.15) is 6.04 Å². The Hall–Kier alpha value is -2.38. The molecule has 1 aromatic heterocycles. The molecule has 0 radical (unpaired) electrons. The summed E-state index contributed by atoms with van der Waals surface area (Å²) in [5.74, 6) is -4.07. The summed E-state index contributed by atoms with van der Waals surface area (Å²) < 4.78 is 0. The minimum atomic E-state index is -1.16. The van der Waals surface area contributed by atoms with Gasteiger partial charge in [-0.1, -0.05) is 12.8 Å². The van der Waals surface area contributed by atoms with Crippen LogP contribution in [-0.4, -0.2) is 44.1 Å². The highest BCUT2D eigenvalue weighted by Gasteiger charge is 2.37. The van der Waals surface area contributed by atoms with Gasteiger partial charge in [0.25, 0.3) is 0 Å². The molecule has 22 heavy (non-hydrogen) atoms. The first-order chi connectivity index (χ1) is 10.5. The number of amides is 1. The molecule has 4 N–H and O–H groups in total. The summed E-state index contributed by atoms with van der Waals surface area (Å²) in [6, 6.07) is -1.11. The lowest BCUT2D eigenvalue weighted by Gasteiger charge is -2.28. The van der Waals surface area contributed by atoms with Crippen molar-refractivity contribution >= 4 is 17.8 Å². The van der Waals surface area contributed by atoms with Gasteiger partial charge in [-0.2, -0.15) is 0 Å². The van der Waals surface area contributed by atoms with Crippen LogP contribution in [0.5, 0.6) is 0 Å². The summed E-state index contributed by atoms with van der Waals surface area (Å²) in [7, 11) is 0. The van der Waals surface area contributed by atoms with E-state index in [1.165, 1.54) is 12.5 Å². The molecule has 0 spiro atoms. The molecule has 2 rings (SSSR count). The second-order valence-corrected chi connectivity index (χ2v) is 5.52. The third-order valence-electron chi connectivity index (χ3n) is 4.01. The Morgan fingerprint density at radius 3 is 2.50 bits per heavy atom. The molecule has 1 aliphatic rings. The third-order valence-corrected chi connectivity index (χ3v) is 4.01. The van der Waals surface area contributed by atoms with Crippen LogP contribution < -0.4 is 5.32 Å². The van der Waals surface area contributed by atoms with Gasteiger partial charge in [0.2, 0.25) is 5.91 Å². The zero-order chi connectivity index (χ0) is 16.1. The lowest BCUT2D eigenvalue weighted by Crippen LogP contribution is -2.48. The summed E-state index contributed by atoms with van der Waals surface area (Å²) in [6.45, 7) is 0. The quantitative estimate of drug-likeness (QED) is 0.601. The highest BCUT2D eigenvalue weighted by atomic mass is 16.4. The van der Waals surface area contributed by atoms with Gasteiger partial charge in [-0.3, -0.25) is 9.59 Å². The van der Waals surface area contributed by atoms with Crippen LogP contribution in [0.3, 0.4) is 0 Å². The Morgan fingerprint density at radius 1 is 1.27 bits per heavy atom. The van der Waals surface area contributed by atoms with E-state index in [1.54, 1.807) is 0 Å². The van der Waals surface area contributed by atoms with Crippen LogP contribution in [0.2, 0.25) is 0 Å². The normalized spacial score (nSPS) is 22.7. The van der Waals surface area contributed by atoms with Crippen LogP contribution in [0.15, 0.2) is 12.5 Å². The number of hydrogen-bond donors (Lipinski definition) is 4. The van der Waals surface area contributed by atoms with Gasteiger partial charge in [-0.15, -0.1) is 0 Å². The van der Waals surface area contributed by atoms with Crippen molar-refractivity contribution in [2.75, 3.05) is 0 Å². The molecular weight excluding hydrogens is 290 g/mol. The van der Waals surface area contributed by atoms with Crippen molar-refractivity contribution in [3.05, 3.63) is 18.2 Å². The fourth-order valence-corrected chi connectivity index (χ4v) is 2.84. The summed E-state index contributed by atoms with van der Waals surface area (Å²) in [6.07, 6.45) is 5.47. The minimum Gasteiger partial charge on any atom is -0.481 e. The monoisotopic (exact) mass is 309 g/mol. The molecule has 1 aliphatic carbocycles. The summed E-state index contributed by atoms with van der Waals surface area (Å²) in [5.41, 5.74) is 0.589. The highest BCUT2D eigenvalue weighted by Crippen LogP contribution is 2.30. The van der Waals surface area contributed by atoms with E-state index in [2.05, 4.69) is 15.3 Å². The number of H-pyrrole nitrogens is 1. The second kappa shape index (κ2) is 7.06. The van der Waals surface area contributed by atoms with Gasteiger partial charge in [0.15, 0.2) is 0 Å². The van der Waals surface area contributed by atoms with E-state index in [0.29, 0.717) is 18.5 Å². The molecule has 1 fully saturated rings. The first kappa shape index (κ1) is 16.0. The molecule has 1 amide bonds. The number of carboxylic acids is 2. The maximum Gasteiger partial charge on any atom is 0.326 e. The van der Waals surface area contributed by atoms with Gasteiger partial charge in [0, 0.05) is 18.3 Å². The number of imidazole rings is 1. The number of carbonyl (C=O) groups excluding carboxylic acids is 1. The summed E-state index contributed by atoms with van der Waals surface area (Å²) >= 11 is 0. The Balaban J connectivity index is 2.03. The molecule has 0 aromatic carbocycles. The van der Waals surface area contributed by atoms with Gasteiger partial charge in [0.05, 0.1) is 18.2 Å². The largest absolute Gasteiger partial charge is 0.481 e. The Labute approximate surface area is 126 Å². The first-order valence-electron chi connectivity index (χ1n) is 7.22. The van der Waals surface area contributed by atoms with Gasteiger partial charge < -0.3 is 20.5 Å². The summed E-state index contributed by atoms with van der Waals surface area (Å²) in [5, 5.41) is 20.9. The number of carboxylic acid groups (broad SMARTS) is 2. The smallest absolute Gasteiger partial charge is 0.326 e. The van der Waals surface area contributed by atoms with E-state index in [0.717, 1.165) is 12.8 Å². The number of aromatic nitrogens is 2. The molecule has 1 saturated carbocycles. The number of carbonyl (C=O) groups is 3. The van der Waals surface area contributed by atoms with E-state index in [1.807, 2.05) is 0 Å². The Morgan fingerprint density at radius 2 is 1.95 bits per heavy atom. The highest BCUT2D eigenvalue weighted by molar-refractivity contribution is 5.88. The van der Waals surface area contributed by atoms with E-state index < -0.39 is 35.7 Å². The number of rotatable bonds is 6. The van der Waals surface area contributed by atoms with Crippen LogP contribution in [0.25, 0.3) is 0 Å². The molecule has 8 heteroatoms. The fourth-order valence-electron chi connectivity index (χ4n) is 2.84. The molecule has 1 heterocycles. The zero-order valence-electron chi connectivity index (χ0n) is 12.0. The Bertz CT molecular complexity index is 543. The van der Waals surface area contributed by atoms with Gasteiger partial charge in [-0.25, -0.2) is 9.78 Å². The topological polar surface area (TPSA) is 132 Å². The molecule has 0 bridgehead atoms. The first-order valence-corrected chi connectivity index (χ1v) is 7.22. The fraction of sp³-hybridized carbons (Fsp3) is 0.571. The van der Waals surface area contributed by atoms with E-state index >= 15 is 0 Å². The number of aliphatic carboxylic acids is 2. The maximum atomic E-state index is 12.3. The number of hydrogen-bond acceptors (Lipinski definition) is 4. The SMILES string of the molecule is O=C(O)[C@H]1CCCC[C@@H]1C(=O)N[C@H](Cc1cnc[nH]1)C(=O)O. The zero-order valence-corrected chi connectivity index (χ0v) is 12.0. The molecule has 120 valence electrons.